The van der Waals surface area contributed by atoms with Gasteiger partial charge in [-0.3, -0.25) is 0 Å². The van der Waals surface area contributed by atoms with E-state index < -0.39 is 0 Å². The predicted octanol–water partition coefficient (Wildman–Crippen LogP) is 1.30. The molecule has 1 aliphatic rings. The molecule has 3 heteroatoms. The molecule has 0 spiro atoms. The highest BCUT2D eigenvalue weighted by molar-refractivity contribution is 5.41. The summed E-state index contributed by atoms with van der Waals surface area (Å²) in [6.45, 7) is 2.05. The number of hydrogen-bond donors (Lipinski definition) is 0. The van der Waals surface area contributed by atoms with Gasteiger partial charge in [0.15, 0.2) is 0 Å². The van der Waals surface area contributed by atoms with Crippen LogP contribution in [-0.4, -0.2) is 30.0 Å². The van der Waals surface area contributed by atoms with E-state index in [1.807, 2.05) is 24.4 Å². The van der Waals surface area contributed by atoms with Gasteiger partial charge in [0.25, 0.3) is 0 Å². The number of pyridine rings is 1. The molecular weight excluding hydrogens is 162 g/mol. The van der Waals surface area contributed by atoms with Gasteiger partial charge in [-0.05, 0) is 12.1 Å². The fourth-order valence-corrected chi connectivity index (χ4v) is 1.32. The second-order valence-electron chi connectivity index (χ2n) is 3.16. The van der Waals surface area contributed by atoms with Crippen molar-refractivity contribution in [2.75, 3.05) is 25.0 Å². The molecule has 0 aliphatic carbocycles. The lowest BCUT2D eigenvalue weighted by atomic mass is 10.4. The van der Waals surface area contributed by atoms with Crippen LogP contribution in [-0.2, 0) is 0 Å². The first kappa shape index (κ1) is 8.10. The molecule has 0 radical (unpaired) electrons. The summed E-state index contributed by atoms with van der Waals surface area (Å²) >= 11 is 0. The minimum absolute atomic E-state index is 1.00. The first-order valence-electron chi connectivity index (χ1n) is 4.42. The maximum absolute atomic E-state index is 4.28. The van der Waals surface area contributed by atoms with E-state index >= 15 is 0 Å². The number of likely N-dealkylation sites (N-methyl/N-ethyl adjacent to an activating group) is 1. The van der Waals surface area contributed by atoms with Crippen molar-refractivity contribution in [3.63, 3.8) is 0 Å². The van der Waals surface area contributed by atoms with Gasteiger partial charge in [-0.15, -0.1) is 0 Å². The summed E-state index contributed by atoms with van der Waals surface area (Å²) in [7, 11) is 2.08. The van der Waals surface area contributed by atoms with Crippen molar-refractivity contribution in [1.29, 1.82) is 0 Å². The Bertz CT molecular complexity index is 294. The molecule has 3 nitrogen and oxygen atoms in total. The van der Waals surface area contributed by atoms with Gasteiger partial charge in [0.2, 0.25) is 0 Å². The van der Waals surface area contributed by atoms with Gasteiger partial charge >= 0.3 is 0 Å². The topological polar surface area (TPSA) is 19.4 Å². The maximum Gasteiger partial charge on any atom is 0.132 e. The van der Waals surface area contributed by atoms with Gasteiger partial charge in [-0.2, -0.15) is 0 Å². The minimum Gasteiger partial charge on any atom is -0.377 e. The normalized spacial score (nSPS) is 16.4. The Morgan fingerprint density at radius 1 is 1.23 bits per heavy atom. The lowest BCUT2D eigenvalue weighted by Crippen LogP contribution is -2.32. The van der Waals surface area contributed by atoms with Crippen LogP contribution in [0.5, 0.6) is 0 Å². The maximum atomic E-state index is 4.28. The van der Waals surface area contributed by atoms with Crippen molar-refractivity contribution in [3.05, 3.63) is 36.8 Å². The van der Waals surface area contributed by atoms with E-state index in [4.69, 9.17) is 0 Å². The third kappa shape index (κ3) is 1.80. The minimum atomic E-state index is 1.00. The monoisotopic (exact) mass is 175 g/mol. The van der Waals surface area contributed by atoms with Crippen LogP contribution in [0.15, 0.2) is 36.8 Å². The molecule has 13 heavy (non-hydrogen) atoms. The standard InChI is InChI=1S/C10H13N3/c1-12-6-8-13(9-7-12)10-4-2-3-5-11-10/h2-6,8H,7,9H2,1H3. The Morgan fingerprint density at radius 2 is 2.15 bits per heavy atom. The molecule has 0 bridgehead atoms. The molecule has 0 saturated heterocycles. The van der Waals surface area contributed by atoms with E-state index in [-0.39, 0.29) is 0 Å². The van der Waals surface area contributed by atoms with E-state index in [1.54, 1.807) is 0 Å². The Kier molecular flexibility index (Phi) is 2.17. The molecule has 0 unspecified atom stereocenters. The highest BCUT2D eigenvalue weighted by Gasteiger charge is 2.08. The van der Waals surface area contributed by atoms with Gasteiger partial charge in [-0.1, -0.05) is 6.07 Å². The second-order valence-corrected chi connectivity index (χ2v) is 3.16. The van der Waals surface area contributed by atoms with Crippen LogP contribution in [0.1, 0.15) is 0 Å². The zero-order chi connectivity index (χ0) is 9.10. The zero-order valence-electron chi connectivity index (χ0n) is 7.72. The van der Waals surface area contributed by atoms with Crippen LogP contribution < -0.4 is 4.90 Å². The van der Waals surface area contributed by atoms with Crippen molar-refractivity contribution in [2.45, 2.75) is 0 Å². The van der Waals surface area contributed by atoms with Crippen LogP contribution >= 0.6 is 0 Å². The Labute approximate surface area is 78.3 Å². The average Bonchev–Trinajstić information content (AvgIpc) is 2.20. The number of hydrogen-bond acceptors (Lipinski definition) is 3. The second kappa shape index (κ2) is 3.47. The fourth-order valence-electron chi connectivity index (χ4n) is 1.32. The van der Waals surface area contributed by atoms with Crippen LogP contribution in [0.3, 0.4) is 0 Å². The zero-order valence-corrected chi connectivity index (χ0v) is 7.72. The van der Waals surface area contributed by atoms with E-state index in [9.17, 15) is 0 Å². The number of nitrogens with zero attached hydrogens (tertiary/aromatic N) is 3. The van der Waals surface area contributed by atoms with Gasteiger partial charge < -0.3 is 9.80 Å². The number of rotatable bonds is 1. The highest BCUT2D eigenvalue weighted by atomic mass is 15.2. The summed E-state index contributed by atoms with van der Waals surface area (Å²) in [6, 6.07) is 5.97. The van der Waals surface area contributed by atoms with Gasteiger partial charge in [0.05, 0.1) is 0 Å². The molecule has 0 saturated carbocycles. The molecule has 0 N–H and O–H groups in total. The van der Waals surface area contributed by atoms with Gasteiger partial charge in [0.1, 0.15) is 5.82 Å². The lowest BCUT2D eigenvalue weighted by molar-refractivity contribution is 0.446. The first-order valence-corrected chi connectivity index (χ1v) is 4.42. The van der Waals surface area contributed by atoms with E-state index in [0.717, 1.165) is 18.9 Å². The molecule has 1 aliphatic heterocycles. The largest absolute Gasteiger partial charge is 0.377 e. The Balaban J connectivity index is 2.15. The van der Waals surface area contributed by atoms with Crippen molar-refractivity contribution < 1.29 is 0 Å². The lowest BCUT2D eigenvalue weighted by Gasteiger charge is -2.27. The SMILES string of the molecule is CN1C=CN(c2ccccn2)CC1. The quantitative estimate of drug-likeness (QED) is 0.641. The summed E-state index contributed by atoms with van der Waals surface area (Å²) in [5.74, 6) is 1.02. The van der Waals surface area contributed by atoms with E-state index in [1.165, 1.54) is 0 Å². The smallest absolute Gasteiger partial charge is 0.132 e. The molecule has 2 rings (SSSR count). The average molecular weight is 175 g/mol. The van der Waals surface area contributed by atoms with Crippen LogP contribution in [0.4, 0.5) is 5.82 Å². The molecule has 0 amide bonds. The molecule has 1 aromatic heterocycles. The van der Waals surface area contributed by atoms with Crippen molar-refractivity contribution >= 4 is 5.82 Å². The van der Waals surface area contributed by atoms with Crippen molar-refractivity contribution in [2.24, 2.45) is 0 Å². The molecule has 68 valence electrons. The van der Waals surface area contributed by atoms with E-state index in [2.05, 4.69) is 34.2 Å². The molecule has 1 aromatic rings. The predicted molar refractivity (Wildman–Crippen MR) is 53.4 cm³/mol. The number of aromatic nitrogens is 1. The summed E-state index contributed by atoms with van der Waals surface area (Å²) in [6.07, 6.45) is 5.95. The third-order valence-corrected chi connectivity index (χ3v) is 2.14. The number of anilines is 1. The fraction of sp³-hybridized carbons (Fsp3) is 0.300. The van der Waals surface area contributed by atoms with Crippen LogP contribution in [0.25, 0.3) is 0 Å². The highest BCUT2D eigenvalue weighted by Crippen LogP contribution is 2.12. The van der Waals surface area contributed by atoms with Crippen LogP contribution in [0.2, 0.25) is 0 Å². The third-order valence-electron chi connectivity index (χ3n) is 2.14. The van der Waals surface area contributed by atoms with Crippen molar-refractivity contribution in [1.82, 2.24) is 9.88 Å². The van der Waals surface area contributed by atoms with E-state index in [0.29, 0.717) is 0 Å². The Hall–Kier alpha value is -1.51. The van der Waals surface area contributed by atoms with Crippen molar-refractivity contribution in [3.8, 4) is 0 Å². The summed E-state index contributed by atoms with van der Waals surface area (Å²) in [5, 5.41) is 0. The molecule has 0 atom stereocenters. The van der Waals surface area contributed by atoms with Gasteiger partial charge in [-0.25, -0.2) is 4.98 Å². The first-order chi connectivity index (χ1) is 6.36. The molecular formula is C10H13N3. The van der Waals surface area contributed by atoms with Crippen LogP contribution in [0, 0.1) is 0 Å². The molecule has 2 heterocycles. The molecule has 0 fully saturated rings. The molecule has 0 aromatic carbocycles. The van der Waals surface area contributed by atoms with Gasteiger partial charge in [0, 0.05) is 38.7 Å². The summed E-state index contributed by atoms with van der Waals surface area (Å²) in [4.78, 5) is 8.60. The summed E-state index contributed by atoms with van der Waals surface area (Å²) < 4.78 is 0. The Morgan fingerprint density at radius 3 is 2.77 bits per heavy atom. The summed E-state index contributed by atoms with van der Waals surface area (Å²) in [5.41, 5.74) is 0.